The zero-order valence-corrected chi connectivity index (χ0v) is 17.4. The zero-order valence-electron chi connectivity index (χ0n) is 16.7. The molecule has 5 nitrogen and oxygen atoms in total. The lowest BCUT2D eigenvalue weighted by molar-refractivity contribution is -0.140. The second kappa shape index (κ2) is 8.80. The van der Waals surface area contributed by atoms with Gasteiger partial charge in [0.05, 0.1) is 18.2 Å². The summed E-state index contributed by atoms with van der Waals surface area (Å²) < 4.78 is 5.12. The van der Waals surface area contributed by atoms with Crippen LogP contribution in [0.5, 0.6) is 0 Å². The highest BCUT2D eigenvalue weighted by Crippen LogP contribution is 2.39. The van der Waals surface area contributed by atoms with Crippen molar-refractivity contribution in [2.45, 2.75) is 25.8 Å². The van der Waals surface area contributed by atoms with Crippen molar-refractivity contribution in [2.24, 2.45) is 0 Å². The fourth-order valence-corrected chi connectivity index (χ4v) is 3.60. The van der Waals surface area contributed by atoms with Crippen molar-refractivity contribution in [1.29, 1.82) is 0 Å². The number of hydrogen-bond donors (Lipinski definition) is 1. The van der Waals surface area contributed by atoms with E-state index in [0.717, 1.165) is 11.1 Å². The van der Waals surface area contributed by atoms with Crippen molar-refractivity contribution >= 4 is 29.1 Å². The summed E-state index contributed by atoms with van der Waals surface area (Å²) >= 11 is 5.93. The molecule has 3 rings (SSSR count). The van der Waals surface area contributed by atoms with Crippen LogP contribution in [0.3, 0.4) is 0 Å². The molecule has 29 heavy (non-hydrogen) atoms. The van der Waals surface area contributed by atoms with Crippen molar-refractivity contribution in [2.75, 3.05) is 20.3 Å². The molecule has 1 heterocycles. The minimum Gasteiger partial charge on any atom is -0.507 e. The van der Waals surface area contributed by atoms with Gasteiger partial charge in [-0.3, -0.25) is 9.59 Å². The van der Waals surface area contributed by atoms with E-state index in [-0.39, 0.29) is 24.5 Å². The summed E-state index contributed by atoms with van der Waals surface area (Å²) in [6, 6.07) is 13.6. The molecule has 1 unspecified atom stereocenters. The minimum atomic E-state index is -0.702. The fourth-order valence-electron chi connectivity index (χ4n) is 3.47. The van der Waals surface area contributed by atoms with Crippen LogP contribution in [-0.4, -0.2) is 42.0 Å². The molecule has 1 fully saturated rings. The number of nitrogens with zero attached hydrogens (tertiary/aromatic N) is 1. The third-order valence-electron chi connectivity index (χ3n) is 5.11. The molecule has 1 atom stereocenters. The van der Waals surface area contributed by atoms with Gasteiger partial charge in [-0.05, 0) is 41.3 Å². The molecular weight excluding hydrogens is 390 g/mol. The summed E-state index contributed by atoms with van der Waals surface area (Å²) in [6.07, 6.45) is 0. The molecule has 6 heteroatoms. The number of ketones is 1. The lowest BCUT2D eigenvalue weighted by Crippen LogP contribution is -2.32. The van der Waals surface area contributed by atoms with Crippen LogP contribution in [0.25, 0.3) is 5.76 Å². The molecular formula is C23H24ClNO4. The number of amides is 1. The number of aliphatic hydroxyl groups is 1. The maximum atomic E-state index is 12.8. The standard InChI is InChI=1S/C23H24ClNO4/c1-14(2)15-4-6-16(7-5-15)20-19(21(26)17-8-10-18(24)11-9-17)22(27)23(28)25(20)12-13-29-3/h4-11,14,20,26H,12-13H2,1-3H3/b21-19+. The molecule has 0 bridgehead atoms. The second-order valence-corrected chi connectivity index (χ2v) is 7.75. The summed E-state index contributed by atoms with van der Waals surface area (Å²) in [4.78, 5) is 27.0. The number of halogens is 1. The molecule has 0 spiro atoms. The van der Waals surface area contributed by atoms with E-state index in [1.165, 1.54) is 12.0 Å². The topological polar surface area (TPSA) is 66.8 Å². The van der Waals surface area contributed by atoms with E-state index in [1.807, 2.05) is 24.3 Å². The molecule has 1 saturated heterocycles. The average molecular weight is 414 g/mol. The predicted molar refractivity (Wildman–Crippen MR) is 113 cm³/mol. The van der Waals surface area contributed by atoms with Gasteiger partial charge in [0.25, 0.3) is 11.7 Å². The van der Waals surface area contributed by atoms with Crippen molar-refractivity contribution in [3.05, 3.63) is 75.8 Å². The van der Waals surface area contributed by atoms with Gasteiger partial charge in [0.1, 0.15) is 5.76 Å². The van der Waals surface area contributed by atoms with Crippen LogP contribution in [0.4, 0.5) is 0 Å². The maximum absolute atomic E-state index is 12.8. The smallest absolute Gasteiger partial charge is 0.295 e. The summed E-state index contributed by atoms with van der Waals surface area (Å²) in [6.45, 7) is 4.73. The highest BCUT2D eigenvalue weighted by Gasteiger charge is 2.45. The highest BCUT2D eigenvalue weighted by molar-refractivity contribution is 6.46. The maximum Gasteiger partial charge on any atom is 0.295 e. The Labute approximate surface area is 175 Å². The number of Topliss-reactive ketones (excluding diaryl/α,β-unsaturated/α-hetero) is 1. The lowest BCUT2D eigenvalue weighted by atomic mass is 9.93. The molecule has 1 aliphatic rings. The monoisotopic (exact) mass is 413 g/mol. The van der Waals surface area contributed by atoms with Crippen LogP contribution in [0, 0.1) is 0 Å². The number of carbonyl (C=O) groups is 2. The van der Waals surface area contributed by atoms with E-state index >= 15 is 0 Å². The Kier molecular flexibility index (Phi) is 6.40. The van der Waals surface area contributed by atoms with Gasteiger partial charge in [-0.15, -0.1) is 0 Å². The zero-order chi connectivity index (χ0) is 21.1. The summed E-state index contributed by atoms with van der Waals surface area (Å²) in [5.74, 6) is -1.20. The van der Waals surface area contributed by atoms with Gasteiger partial charge in [0.15, 0.2) is 0 Å². The summed E-state index contributed by atoms with van der Waals surface area (Å²) in [5, 5.41) is 11.4. The fraction of sp³-hybridized carbons (Fsp3) is 0.304. The van der Waals surface area contributed by atoms with E-state index in [0.29, 0.717) is 16.5 Å². The highest BCUT2D eigenvalue weighted by atomic mass is 35.5. The van der Waals surface area contributed by atoms with Crippen LogP contribution in [-0.2, 0) is 14.3 Å². The first-order chi connectivity index (χ1) is 13.8. The van der Waals surface area contributed by atoms with E-state index < -0.39 is 17.7 Å². The second-order valence-electron chi connectivity index (χ2n) is 7.31. The lowest BCUT2D eigenvalue weighted by Gasteiger charge is -2.25. The van der Waals surface area contributed by atoms with Gasteiger partial charge < -0.3 is 14.7 Å². The van der Waals surface area contributed by atoms with Crippen LogP contribution in [0.2, 0.25) is 5.02 Å². The van der Waals surface area contributed by atoms with Gasteiger partial charge in [-0.1, -0.05) is 49.7 Å². The SMILES string of the molecule is COCCN1C(=O)C(=O)/C(=C(/O)c2ccc(Cl)cc2)C1c1ccc(C(C)C)cc1. The quantitative estimate of drug-likeness (QED) is 0.429. The number of rotatable bonds is 6. The van der Waals surface area contributed by atoms with E-state index in [4.69, 9.17) is 16.3 Å². The van der Waals surface area contributed by atoms with E-state index in [2.05, 4.69) is 13.8 Å². The van der Waals surface area contributed by atoms with Gasteiger partial charge in [0, 0.05) is 24.2 Å². The normalized spacial score (nSPS) is 18.7. The molecule has 1 N–H and O–H groups in total. The molecule has 0 aliphatic carbocycles. The summed E-state index contributed by atoms with van der Waals surface area (Å²) in [5.41, 5.74) is 2.43. The molecule has 0 radical (unpaired) electrons. The van der Waals surface area contributed by atoms with Gasteiger partial charge >= 0.3 is 0 Å². The molecule has 2 aromatic carbocycles. The van der Waals surface area contributed by atoms with Crippen LogP contribution < -0.4 is 0 Å². The Morgan fingerprint density at radius 2 is 1.72 bits per heavy atom. The van der Waals surface area contributed by atoms with Gasteiger partial charge in [-0.2, -0.15) is 0 Å². The largest absolute Gasteiger partial charge is 0.507 e. The Morgan fingerprint density at radius 3 is 2.28 bits per heavy atom. The van der Waals surface area contributed by atoms with Gasteiger partial charge in [-0.25, -0.2) is 0 Å². The predicted octanol–water partition coefficient (Wildman–Crippen LogP) is 4.53. The number of likely N-dealkylation sites (tertiary alicyclic amines) is 1. The van der Waals surface area contributed by atoms with Crippen molar-refractivity contribution < 1.29 is 19.4 Å². The van der Waals surface area contributed by atoms with Crippen LogP contribution in [0.1, 0.15) is 42.5 Å². The molecule has 1 aliphatic heterocycles. The number of carbonyl (C=O) groups excluding carboxylic acids is 2. The Bertz CT molecular complexity index is 932. The molecule has 152 valence electrons. The van der Waals surface area contributed by atoms with Gasteiger partial charge in [0.2, 0.25) is 0 Å². The van der Waals surface area contributed by atoms with Crippen LogP contribution in [0.15, 0.2) is 54.1 Å². The average Bonchev–Trinajstić information content (AvgIpc) is 2.97. The number of ether oxygens (including phenoxy) is 1. The minimum absolute atomic E-state index is 0.0747. The summed E-state index contributed by atoms with van der Waals surface area (Å²) in [7, 11) is 1.54. The molecule has 2 aromatic rings. The van der Waals surface area contributed by atoms with E-state index in [1.54, 1.807) is 24.3 Å². The molecule has 0 aromatic heterocycles. The van der Waals surface area contributed by atoms with E-state index in [9.17, 15) is 14.7 Å². The first kappa shape index (κ1) is 21.1. The van der Waals surface area contributed by atoms with Crippen molar-refractivity contribution in [3.8, 4) is 0 Å². The Hall–Kier alpha value is -2.63. The van der Waals surface area contributed by atoms with Crippen molar-refractivity contribution in [3.63, 3.8) is 0 Å². The number of aliphatic hydroxyl groups excluding tert-OH is 1. The van der Waals surface area contributed by atoms with Crippen molar-refractivity contribution in [1.82, 2.24) is 4.90 Å². The molecule has 0 saturated carbocycles. The first-order valence-corrected chi connectivity index (χ1v) is 9.86. The van der Waals surface area contributed by atoms with Crippen LogP contribution >= 0.6 is 11.6 Å². The third-order valence-corrected chi connectivity index (χ3v) is 5.36. The Balaban J connectivity index is 2.13. The third kappa shape index (κ3) is 4.21. The number of hydrogen-bond acceptors (Lipinski definition) is 4. The number of benzene rings is 2. The Morgan fingerprint density at radius 1 is 1.10 bits per heavy atom. The molecule has 1 amide bonds. The first-order valence-electron chi connectivity index (χ1n) is 9.48. The number of methoxy groups -OCH3 is 1.